The zero-order valence-electron chi connectivity index (χ0n) is 12.0. The summed E-state index contributed by atoms with van der Waals surface area (Å²) in [4.78, 5) is 10.3. The fourth-order valence-electron chi connectivity index (χ4n) is 2.43. The van der Waals surface area contributed by atoms with Crippen LogP contribution >= 0.6 is 11.6 Å². The third-order valence-corrected chi connectivity index (χ3v) is 3.79. The highest BCUT2D eigenvalue weighted by molar-refractivity contribution is 6.32. The van der Waals surface area contributed by atoms with Crippen LogP contribution in [0.2, 0.25) is 5.02 Å². The highest BCUT2D eigenvalue weighted by Crippen LogP contribution is 2.34. The van der Waals surface area contributed by atoms with Crippen LogP contribution in [0.1, 0.15) is 20.3 Å². The van der Waals surface area contributed by atoms with Gasteiger partial charge >= 0.3 is 0 Å². The van der Waals surface area contributed by atoms with Crippen molar-refractivity contribution in [3.63, 3.8) is 0 Å². The fraction of sp³-hybridized carbons (Fsp3) is 0.571. The van der Waals surface area contributed by atoms with Gasteiger partial charge in [-0.3, -0.25) is 10.1 Å². The maximum absolute atomic E-state index is 10.8. The zero-order valence-corrected chi connectivity index (χ0v) is 12.8. The largest absolute Gasteiger partial charge is 0.486 e. The SMILES string of the molecule is CCNC1CC(Oc2cc([N+](=O)[O-])ccc2Cl)C1OCC. The normalized spacial score (nSPS) is 24.4. The first-order chi connectivity index (χ1) is 10.1. The number of likely N-dealkylation sites (N-methyl/N-ethyl adjacent to an activating group) is 1. The standard InChI is InChI=1S/C14H19ClN2O4/c1-3-16-11-8-13(14(11)20-4-2)21-12-7-9(17(18)19)5-6-10(12)15/h5-7,11,13-14,16H,3-4,8H2,1-2H3. The summed E-state index contributed by atoms with van der Waals surface area (Å²) in [6.45, 7) is 5.42. The number of halogens is 1. The van der Waals surface area contributed by atoms with Gasteiger partial charge < -0.3 is 14.8 Å². The highest BCUT2D eigenvalue weighted by Gasteiger charge is 2.43. The van der Waals surface area contributed by atoms with Gasteiger partial charge in [-0.1, -0.05) is 18.5 Å². The van der Waals surface area contributed by atoms with E-state index in [2.05, 4.69) is 5.32 Å². The number of nitrogens with one attached hydrogen (secondary N) is 1. The number of nitro groups is 1. The first-order valence-corrected chi connectivity index (χ1v) is 7.40. The monoisotopic (exact) mass is 314 g/mol. The molecule has 0 amide bonds. The lowest BCUT2D eigenvalue weighted by Crippen LogP contribution is -2.61. The Labute approximate surface area is 128 Å². The van der Waals surface area contributed by atoms with Crippen molar-refractivity contribution in [1.29, 1.82) is 0 Å². The van der Waals surface area contributed by atoms with Crippen molar-refractivity contribution >= 4 is 17.3 Å². The minimum absolute atomic E-state index is 0.0371. The number of nitro benzene ring substituents is 1. The Kier molecular flexibility index (Phi) is 5.39. The molecule has 3 unspecified atom stereocenters. The molecule has 0 spiro atoms. The molecule has 3 atom stereocenters. The van der Waals surface area contributed by atoms with Gasteiger partial charge in [0.1, 0.15) is 18.0 Å². The van der Waals surface area contributed by atoms with Crippen LogP contribution in [-0.4, -0.2) is 36.3 Å². The molecule has 0 aliphatic heterocycles. The molecule has 116 valence electrons. The molecular weight excluding hydrogens is 296 g/mol. The van der Waals surface area contributed by atoms with Gasteiger partial charge in [0, 0.05) is 25.1 Å². The molecule has 6 nitrogen and oxygen atoms in total. The minimum atomic E-state index is -0.467. The molecule has 1 aliphatic rings. The van der Waals surface area contributed by atoms with Crippen LogP contribution in [0.3, 0.4) is 0 Å². The number of rotatable bonds is 7. The summed E-state index contributed by atoms with van der Waals surface area (Å²) in [6, 6.07) is 4.44. The first-order valence-electron chi connectivity index (χ1n) is 7.02. The molecule has 1 fully saturated rings. The number of ether oxygens (including phenoxy) is 2. The van der Waals surface area contributed by atoms with Gasteiger partial charge in [-0.25, -0.2) is 0 Å². The Morgan fingerprint density at radius 1 is 1.48 bits per heavy atom. The molecule has 0 bridgehead atoms. The van der Waals surface area contributed by atoms with Crippen LogP contribution in [0.5, 0.6) is 5.75 Å². The van der Waals surface area contributed by atoms with E-state index in [1.807, 2.05) is 13.8 Å². The summed E-state index contributed by atoms with van der Waals surface area (Å²) in [5, 5.41) is 14.5. The second-order valence-corrected chi connectivity index (χ2v) is 5.26. The zero-order chi connectivity index (χ0) is 15.4. The second-order valence-electron chi connectivity index (χ2n) is 4.85. The lowest BCUT2D eigenvalue weighted by molar-refractivity contribution is -0.385. The van der Waals surface area contributed by atoms with Gasteiger partial charge in [-0.15, -0.1) is 0 Å². The molecule has 2 rings (SSSR count). The molecule has 1 aromatic rings. The summed E-state index contributed by atoms with van der Waals surface area (Å²) in [5.41, 5.74) is -0.0371. The molecule has 7 heteroatoms. The predicted octanol–water partition coefficient (Wildman–Crippen LogP) is 2.78. The van der Waals surface area contributed by atoms with Crippen molar-refractivity contribution in [3.05, 3.63) is 33.3 Å². The smallest absolute Gasteiger partial charge is 0.273 e. The van der Waals surface area contributed by atoms with Crippen molar-refractivity contribution < 1.29 is 14.4 Å². The molecule has 0 heterocycles. The van der Waals surface area contributed by atoms with Crippen LogP contribution < -0.4 is 10.1 Å². The predicted molar refractivity (Wildman–Crippen MR) is 80.0 cm³/mol. The van der Waals surface area contributed by atoms with Gasteiger partial charge in [0.05, 0.1) is 16.0 Å². The molecule has 0 aromatic heterocycles. The van der Waals surface area contributed by atoms with E-state index in [1.165, 1.54) is 18.2 Å². The van der Waals surface area contributed by atoms with Crippen LogP contribution in [0.25, 0.3) is 0 Å². The summed E-state index contributed by atoms with van der Waals surface area (Å²) in [5.74, 6) is 0.329. The Balaban J connectivity index is 2.07. The summed E-state index contributed by atoms with van der Waals surface area (Å²) in [6.07, 6.45) is 0.580. The molecular formula is C14H19ClN2O4. The molecule has 21 heavy (non-hydrogen) atoms. The van der Waals surface area contributed by atoms with E-state index >= 15 is 0 Å². The van der Waals surface area contributed by atoms with Crippen molar-refractivity contribution in [2.24, 2.45) is 0 Å². The van der Waals surface area contributed by atoms with Gasteiger partial charge in [-0.05, 0) is 19.5 Å². The van der Waals surface area contributed by atoms with E-state index in [4.69, 9.17) is 21.1 Å². The number of nitrogens with zero attached hydrogens (tertiary/aromatic N) is 1. The Morgan fingerprint density at radius 2 is 2.24 bits per heavy atom. The average molecular weight is 315 g/mol. The van der Waals surface area contributed by atoms with Gasteiger partial charge in [0.25, 0.3) is 5.69 Å². The molecule has 1 aromatic carbocycles. The Morgan fingerprint density at radius 3 is 2.86 bits per heavy atom. The van der Waals surface area contributed by atoms with E-state index in [9.17, 15) is 10.1 Å². The second kappa shape index (κ2) is 7.06. The third-order valence-electron chi connectivity index (χ3n) is 3.48. The number of non-ortho nitro benzene ring substituents is 1. The van der Waals surface area contributed by atoms with Crippen LogP contribution in [0, 0.1) is 10.1 Å². The molecule has 1 aliphatic carbocycles. The lowest BCUT2D eigenvalue weighted by atomic mass is 9.85. The lowest BCUT2D eigenvalue weighted by Gasteiger charge is -2.44. The van der Waals surface area contributed by atoms with E-state index in [0.29, 0.717) is 17.4 Å². The number of benzene rings is 1. The van der Waals surface area contributed by atoms with Crippen molar-refractivity contribution in [3.8, 4) is 5.75 Å². The first kappa shape index (κ1) is 16.0. The summed E-state index contributed by atoms with van der Waals surface area (Å²) < 4.78 is 11.5. The summed E-state index contributed by atoms with van der Waals surface area (Å²) >= 11 is 6.04. The highest BCUT2D eigenvalue weighted by atomic mass is 35.5. The quantitative estimate of drug-likeness (QED) is 0.619. The fourth-order valence-corrected chi connectivity index (χ4v) is 2.60. The molecule has 0 saturated heterocycles. The van der Waals surface area contributed by atoms with Crippen LogP contribution in [0.15, 0.2) is 18.2 Å². The summed E-state index contributed by atoms with van der Waals surface area (Å²) in [7, 11) is 0. The van der Waals surface area contributed by atoms with E-state index in [0.717, 1.165) is 13.0 Å². The van der Waals surface area contributed by atoms with Gasteiger partial charge in [-0.2, -0.15) is 0 Å². The average Bonchev–Trinajstić information content (AvgIpc) is 2.45. The van der Waals surface area contributed by atoms with E-state index in [1.54, 1.807) is 0 Å². The maximum atomic E-state index is 10.8. The maximum Gasteiger partial charge on any atom is 0.273 e. The molecule has 1 saturated carbocycles. The van der Waals surface area contributed by atoms with Gasteiger partial charge in [0.15, 0.2) is 0 Å². The van der Waals surface area contributed by atoms with Gasteiger partial charge in [0.2, 0.25) is 0 Å². The molecule has 1 N–H and O–H groups in total. The number of hydrogen-bond acceptors (Lipinski definition) is 5. The molecule has 0 radical (unpaired) electrons. The Bertz CT molecular complexity index is 512. The van der Waals surface area contributed by atoms with E-state index in [-0.39, 0.29) is 23.9 Å². The topological polar surface area (TPSA) is 73.6 Å². The van der Waals surface area contributed by atoms with Crippen molar-refractivity contribution in [2.75, 3.05) is 13.2 Å². The third kappa shape index (κ3) is 3.64. The Hall–Kier alpha value is -1.37. The van der Waals surface area contributed by atoms with E-state index < -0.39 is 4.92 Å². The van der Waals surface area contributed by atoms with Crippen LogP contribution in [-0.2, 0) is 4.74 Å². The minimum Gasteiger partial charge on any atom is -0.486 e. The van der Waals surface area contributed by atoms with Crippen LogP contribution in [0.4, 0.5) is 5.69 Å². The number of hydrogen-bond donors (Lipinski definition) is 1. The van der Waals surface area contributed by atoms with Crippen molar-refractivity contribution in [1.82, 2.24) is 5.32 Å². The van der Waals surface area contributed by atoms with Crippen molar-refractivity contribution in [2.45, 2.75) is 38.5 Å².